The molecular weight excluding hydrogens is 691 g/mol. The normalized spacial score (nSPS) is 11.6. The van der Waals surface area contributed by atoms with Crippen molar-refractivity contribution in [3.8, 4) is 33.9 Å². The predicted octanol–water partition coefficient (Wildman–Crippen LogP) is 14.4. The Bertz CT molecular complexity index is 3150. The van der Waals surface area contributed by atoms with Crippen LogP contribution in [0.15, 0.2) is 192 Å². The van der Waals surface area contributed by atoms with Crippen molar-refractivity contribution in [2.75, 3.05) is 4.90 Å². The number of para-hydroxylation sites is 1. The Balaban J connectivity index is 1.22. The molecule has 5 heteroatoms. The van der Waals surface area contributed by atoms with E-state index in [0.29, 0.717) is 5.82 Å². The van der Waals surface area contributed by atoms with E-state index in [9.17, 15) is 0 Å². The van der Waals surface area contributed by atoms with Crippen molar-refractivity contribution >= 4 is 81.3 Å². The molecule has 8 aromatic carbocycles. The fourth-order valence-electron chi connectivity index (χ4n) is 7.84. The monoisotopic (exact) mass is 721 g/mol. The third-order valence-corrected chi connectivity index (χ3v) is 11.6. The van der Waals surface area contributed by atoms with Gasteiger partial charge in [-0.25, -0.2) is 9.97 Å². The maximum atomic E-state index is 6.85. The Hall–Kier alpha value is -7.08. The number of thiophene rings is 1. The molecule has 0 atom stereocenters. The zero-order valence-electron chi connectivity index (χ0n) is 29.6. The van der Waals surface area contributed by atoms with Crippen LogP contribution in [0.2, 0.25) is 0 Å². The summed E-state index contributed by atoms with van der Waals surface area (Å²) in [6.45, 7) is 0. The van der Waals surface area contributed by atoms with Crippen LogP contribution in [-0.2, 0) is 0 Å². The summed E-state index contributed by atoms with van der Waals surface area (Å²) in [6.07, 6.45) is 0. The van der Waals surface area contributed by atoms with Crippen LogP contribution >= 0.6 is 11.3 Å². The van der Waals surface area contributed by atoms with E-state index < -0.39 is 0 Å². The lowest BCUT2D eigenvalue weighted by Crippen LogP contribution is -2.10. The Morgan fingerprint density at radius 2 is 1.04 bits per heavy atom. The van der Waals surface area contributed by atoms with E-state index in [1.54, 1.807) is 0 Å². The maximum Gasteiger partial charge on any atom is 0.161 e. The van der Waals surface area contributed by atoms with Gasteiger partial charge >= 0.3 is 0 Å². The number of hydrogen-bond acceptors (Lipinski definition) is 5. The van der Waals surface area contributed by atoms with Crippen molar-refractivity contribution in [3.63, 3.8) is 0 Å². The lowest BCUT2D eigenvalue weighted by Gasteiger charge is -2.26. The summed E-state index contributed by atoms with van der Waals surface area (Å²) in [6, 6.07) is 66.0. The molecule has 0 fully saturated rings. The van der Waals surface area contributed by atoms with Crippen molar-refractivity contribution < 1.29 is 4.42 Å². The van der Waals surface area contributed by atoms with Gasteiger partial charge in [-0.1, -0.05) is 121 Å². The largest absolute Gasteiger partial charge is 0.456 e. The van der Waals surface area contributed by atoms with E-state index >= 15 is 0 Å². The first-order chi connectivity index (χ1) is 27.2. The van der Waals surface area contributed by atoms with Crippen LogP contribution in [0.1, 0.15) is 0 Å². The van der Waals surface area contributed by atoms with Crippen LogP contribution in [-0.4, -0.2) is 9.97 Å². The van der Waals surface area contributed by atoms with Gasteiger partial charge in [0.25, 0.3) is 0 Å². The lowest BCUT2D eigenvalue weighted by molar-refractivity contribution is 0.669. The molecule has 4 nitrogen and oxygen atoms in total. The summed E-state index contributed by atoms with van der Waals surface area (Å²) >= 11 is 1.83. The van der Waals surface area contributed by atoms with E-state index in [1.807, 2.05) is 23.5 Å². The van der Waals surface area contributed by atoms with Crippen LogP contribution in [0.3, 0.4) is 0 Å². The molecule has 0 bridgehead atoms. The van der Waals surface area contributed by atoms with Crippen LogP contribution in [0, 0.1) is 0 Å². The first kappa shape index (κ1) is 31.4. The molecule has 258 valence electrons. The minimum absolute atomic E-state index is 0.634. The van der Waals surface area contributed by atoms with E-state index in [1.165, 1.54) is 20.2 Å². The zero-order chi connectivity index (χ0) is 36.3. The van der Waals surface area contributed by atoms with Crippen LogP contribution in [0.25, 0.3) is 86.8 Å². The van der Waals surface area contributed by atoms with Gasteiger partial charge < -0.3 is 9.32 Å². The molecule has 0 spiro atoms. The second kappa shape index (κ2) is 12.8. The summed E-state index contributed by atoms with van der Waals surface area (Å²) in [7, 11) is 0. The number of benzene rings is 8. The summed E-state index contributed by atoms with van der Waals surface area (Å²) in [5, 5.41) is 6.80. The van der Waals surface area contributed by atoms with Crippen molar-refractivity contribution in [2.24, 2.45) is 0 Å². The Morgan fingerprint density at radius 3 is 1.76 bits per heavy atom. The zero-order valence-corrected chi connectivity index (χ0v) is 30.4. The first-order valence-corrected chi connectivity index (χ1v) is 19.2. The number of fused-ring (bicyclic) bond motifs is 7. The standard InChI is InChI=1S/C50H31N3OS/c1-4-14-32(15-5-1)43-31-44(33-16-6-2-7-17-33)52-50(51-43)42-29-38(30-46-49(42)41-26-34-18-10-11-19-35(34)27-45(41)54-46)53(36-20-8-3-9-21-36)37-24-25-48-40(28-37)39-22-12-13-23-47(39)55-48/h1-31H. The van der Waals surface area contributed by atoms with Gasteiger partial charge in [0.15, 0.2) is 5.82 Å². The summed E-state index contributed by atoms with van der Waals surface area (Å²) in [5.74, 6) is 0.634. The molecule has 0 unspecified atom stereocenters. The molecule has 0 radical (unpaired) electrons. The fraction of sp³-hybridized carbons (Fsp3) is 0. The van der Waals surface area contributed by atoms with Gasteiger partial charge in [0.05, 0.1) is 17.1 Å². The van der Waals surface area contributed by atoms with Gasteiger partial charge in [0.2, 0.25) is 0 Å². The average Bonchev–Trinajstić information content (AvgIpc) is 3.81. The van der Waals surface area contributed by atoms with Crippen molar-refractivity contribution in [1.82, 2.24) is 9.97 Å². The van der Waals surface area contributed by atoms with Crippen molar-refractivity contribution in [2.45, 2.75) is 0 Å². The highest BCUT2D eigenvalue weighted by atomic mass is 32.1. The summed E-state index contributed by atoms with van der Waals surface area (Å²) in [5.41, 5.74) is 9.32. The molecule has 0 saturated heterocycles. The van der Waals surface area contributed by atoms with E-state index in [-0.39, 0.29) is 0 Å². The highest BCUT2D eigenvalue weighted by Gasteiger charge is 2.23. The Labute approximate surface area is 321 Å². The molecule has 0 saturated carbocycles. The summed E-state index contributed by atoms with van der Waals surface area (Å²) < 4.78 is 9.39. The highest BCUT2D eigenvalue weighted by molar-refractivity contribution is 7.25. The molecule has 11 aromatic rings. The second-order valence-corrected chi connectivity index (χ2v) is 14.9. The molecule has 0 aliphatic rings. The van der Waals surface area contributed by atoms with Gasteiger partial charge in [-0.15, -0.1) is 11.3 Å². The third-order valence-electron chi connectivity index (χ3n) is 10.4. The molecule has 55 heavy (non-hydrogen) atoms. The second-order valence-electron chi connectivity index (χ2n) is 13.8. The minimum atomic E-state index is 0.634. The average molecular weight is 722 g/mol. The SMILES string of the molecule is c1ccc(-c2cc(-c3ccccc3)nc(-c3cc(N(c4ccccc4)c4ccc5sc6ccccc6c5c4)cc4oc5cc6ccccc6cc5c34)n2)cc1. The van der Waals surface area contributed by atoms with Crippen LogP contribution in [0.4, 0.5) is 17.1 Å². The van der Waals surface area contributed by atoms with E-state index in [2.05, 4.69) is 181 Å². The van der Waals surface area contributed by atoms with Gasteiger partial charge in [0, 0.05) is 65.1 Å². The maximum absolute atomic E-state index is 6.85. The first-order valence-electron chi connectivity index (χ1n) is 18.4. The smallest absolute Gasteiger partial charge is 0.161 e. The van der Waals surface area contributed by atoms with E-state index in [0.717, 1.165) is 77.9 Å². The number of nitrogens with zero attached hydrogens (tertiary/aromatic N) is 3. The highest BCUT2D eigenvalue weighted by Crippen LogP contribution is 2.45. The quantitative estimate of drug-likeness (QED) is 0.171. The van der Waals surface area contributed by atoms with Gasteiger partial charge in [-0.2, -0.15) is 0 Å². The molecule has 0 aliphatic carbocycles. The number of furan rings is 1. The van der Waals surface area contributed by atoms with Crippen molar-refractivity contribution in [1.29, 1.82) is 0 Å². The fourth-order valence-corrected chi connectivity index (χ4v) is 8.93. The van der Waals surface area contributed by atoms with Gasteiger partial charge in [-0.3, -0.25) is 0 Å². The van der Waals surface area contributed by atoms with Crippen molar-refractivity contribution in [3.05, 3.63) is 188 Å². The molecule has 0 aliphatic heterocycles. The van der Waals surface area contributed by atoms with Crippen LogP contribution in [0.5, 0.6) is 0 Å². The number of hydrogen-bond donors (Lipinski definition) is 0. The third kappa shape index (κ3) is 5.44. The molecule has 11 rings (SSSR count). The van der Waals surface area contributed by atoms with E-state index in [4.69, 9.17) is 14.4 Å². The Kier molecular flexibility index (Phi) is 7.32. The van der Waals surface area contributed by atoms with Gasteiger partial charge in [-0.05, 0) is 71.4 Å². The molecule has 3 heterocycles. The predicted molar refractivity (Wildman–Crippen MR) is 231 cm³/mol. The lowest BCUT2D eigenvalue weighted by atomic mass is 10.0. The number of rotatable bonds is 6. The van der Waals surface area contributed by atoms with Crippen LogP contribution < -0.4 is 4.90 Å². The Morgan fingerprint density at radius 1 is 0.418 bits per heavy atom. The number of aromatic nitrogens is 2. The van der Waals surface area contributed by atoms with Gasteiger partial charge in [0.1, 0.15) is 11.2 Å². The summed E-state index contributed by atoms with van der Waals surface area (Å²) in [4.78, 5) is 13.0. The number of anilines is 3. The topological polar surface area (TPSA) is 42.2 Å². The minimum Gasteiger partial charge on any atom is -0.456 e. The molecule has 0 amide bonds. The molecule has 0 N–H and O–H groups in total. The molecular formula is C50H31N3OS. The molecule has 3 aromatic heterocycles.